The van der Waals surface area contributed by atoms with E-state index in [2.05, 4.69) is 15.3 Å². The Labute approximate surface area is 103 Å². The summed E-state index contributed by atoms with van der Waals surface area (Å²) in [5.41, 5.74) is -1.17. The SMILES string of the molecule is O=c1[nH]cnc(Nc2cc(F)cc(F)c2F)c1Cl. The van der Waals surface area contributed by atoms with Crippen molar-refractivity contribution >= 4 is 23.1 Å². The quantitative estimate of drug-likeness (QED) is 0.828. The number of halogens is 4. The molecule has 0 amide bonds. The third-order valence-corrected chi connectivity index (χ3v) is 2.39. The topological polar surface area (TPSA) is 57.8 Å². The Balaban J connectivity index is 2.46. The van der Waals surface area contributed by atoms with Crippen LogP contribution in [0.5, 0.6) is 0 Å². The lowest BCUT2D eigenvalue weighted by atomic mass is 10.3. The van der Waals surface area contributed by atoms with Gasteiger partial charge >= 0.3 is 0 Å². The van der Waals surface area contributed by atoms with E-state index in [1.165, 1.54) is 0 Å². The van der Waals surface area contributed by atoms with Crippen LogP contribution in [0.2, 0.25) is 5.02 Å². The first-order valence-electron chi connectivity index (χ1n) is 4.64. The van der Waals surface area contributed by atoms with E-state index < -0.39 is 28.7 Å². The van der Waals surface area contributed by atoms with Crippen LogP contribution < -0.4 is 10.9 Å². The molecule has 0 aliphatic carbocycles. The van der Waals surface area contributed by atoms with Crippen LogP contribution in [0, 0.1) is 17.5 Å². The van der Waals surface area contributed by atoms with E-state index in [0.29, 0.717) is 6.07 Å². The number of H-pyrrole nitrogens is 1. The van der Waals surface area contributed by atoms with E-state index in [1.807, 2.05) is 0 Å². The molecule has 0 spiro atoms. The van der Waals surface area contributed by atoms with Gasteiger partial charge in [-0.15, -0.1) is 0 Å². The van der Waals surface area contributed by atoms with Gasteiger partial charge in [-0.05, 0) is 0 Å². The number of anilines is 2. The minimum absolute atomic E-state index is 0.204. The summed E-state index contributed by atoms with van der Waals surface area (Å²) in [7, 11) is 0. The molecular formula is C10H5ClF3N3O. The molecule has 0 saturated heterocycles. The van der Waals surface area contributed by atoms with Gasteiger partial charge in [0.2, 0.25) is 0 Å². The predicted octanol–water partition coefficient (Wildman–Crippen LogP) is 2.58. The van der Waals surface area contributed by atoms with Crippen LogP contribution in [0.1, 0.15) is 0 Å². The van der Waals surface area contributed by atoms with Gasteiger partial charge in [0, 0.05) is 12.1 Å². The van der Waals surface area contributed by atoms with Gasteiger partial charge in [-0.25, -0.2) is 18.2 Å². The fraction of sp³-hybridized carbons (Fsp3) is 0. The predicted molar refractivity (Wildman–Crippen MR) is 59.5 cm³/mol. The molecule has 94 valence electrons. The van der Waals surface area contributed by atoms with Crippen molar-refractivity contribution in [1.82, 2.24) is 9.97 Å². The molecule has 8 heteroatoms. The molecule has 0 fully saturated rings. The third-order valence-electron chi connectivity index (χ3n) is 2.04. The Morgan fingerprint density at radius 2 is 2.00 bits per heavy atom. The lowest BCUT2D eigenvalue weighted by Crippen LogP contribution is -2.10. The average molecular weight is 276 g/mol. The molecule has 0 atom stereocenters. The second-order valence-corrected chi connectivity index (χ2v) is 3.65. The first-order valence-corrected chi connectivity index (χ1v) is 5.01. The van der Waals surface area contributed by atoms with E-state index in [-0.39, 0.29) is 10.8 Å². The molecule has 0 aliphatic rings. The molecule has 2 aromatic rings. The molecule has 4 nitrogen and oxygen atoms in total. The summed E-state index contributed by atoms with van der Waals surface area (Å²) in [6.07, 6.45) is 1.02. The number of rotatable bonds is 2. The molecule has 1 aromatic carbocycles. The van der Waals surface area contributed by atoms with Crippen molar-refractivity contribution in [3.63, 3.8) is 0 Å². The minimum atomic E-state index is -1.36. The second-order valence-electron chi connectivity index (χ2n) is 3.27. The zero-order valence-electron chi connectivity index (χ0n) is 8.60. The van der Waals surface area contributed by atoms with E-state index >= 15 is 0 Å². The largest absolute Gasteiger partial charge is 0.336 e. The van der Waals surface area contributed by atoms with E-state index in [4.69, 9.17) is 11.6 Å². The van der Waals surface area contributed by atoms with Gasteiger partial charge in [0.15, 0.2) is 17.5 Å². The third kappa shape index (κ3) is 2.30. The van der Waals surface area contributed by atoms with Crippen molar-refractivity contribution < 1.29 is 13.2 Å². The number of nitrogens with zero attached hydrogens (tertiary/aromatic N) is 1. The maximum absolute atomic E-state index is 13.3. The summed E-state index contributed by atoms with van der Waals surface area (Å²) in [4.78, 5) is 16.9. The lowest BCUT2D eigenvalue weighted by molar-refractivity contribution is 0.498. The van der Waals surface area contributed by atoms with Crippen molar-refractivity contribution in [2.75, 3.05) is 5.32 Å². The Kier molecular flexibility index (Phi) is 3.24. The Morgan fingerprint density at radius 3 is 2.72 bits per heavy atom. The van der Waals surface area contributed by atoms with Gasteiger partial charge < -0.3 is 10.3 Å². The van der Waals surface area contributed by atoms with E-state index in [9.17, 15) is 18.0 Å². The molecule has 0 aliphatic heterocycles. The van der Waals surface area contributed by atoms with Crippen molar-refractivity contribution in [2.24, 2.45) is 0 Å². The number of aromatic amines is 1. The van der Waals surface area contributed by atoms with Crippen LogP contribution in [-0.4, -0.2) is 9.97 Å². The molecule has 0 unspecified atom stereocenters. The summed E-state index contributed by atoms with van der Waals surface area (Å²) in [5, 5.41) is 1.90. The Morgan fingerprint density at radius 1 is 1.28 bits per heavy atom. The van der Waals surface area contributed by atoms with Crippen LogP contribution >= 0.6 is 11.6 Å². The summed E-state index contributed by atoms with van der Waals surface area (Å²) < 4.78 is 39.2. The number of benzene rings is 1. The van der Waals surface area contributed by atoms with Crippen molar-refractivity contribution in [3.8, 4) is 0 Å². The Hall–Kier alpha value is -2.02. The van der Waals surface area contributed by atoms with Crippen LogP contribution in [0.3, 0.4) is 0 Å². The Bertz CT molecular complexity index is 659. The van der Waals surface area contributed by atoms with E-state index in [1.54, 1.807) is 0 Å². The smallest absolute Gasteiger partial charge is 0.271 e. The normalized spacial score (nSPS) is 10.4. The number of aromatic nitrogens is 2. The minimum Gasteiger partial charge on any atom is -0.336 e. The zero-order valence-corrected chi connectivity index (χ0v) is 9.36. The first-order chi connectivity index (χ1) is 8.49. The second kappa shape index (κ2) is 4.69. The van der Waals surface area contributed by atoms with Crippen LogP contribution in [0.25, 0.3) is 0 Å². The molecular weight excluding hydrogens is 271 g/mol. The van der Waals surface area contributed by atoms with Gasteiger partial charge in [0.1, 0.15) is 10.8 Å². The summed E-state index contributed by atoms with van der Waals surface area (Å²) >= 11 is 5.60. The first kappa shape index (κ1) is 12.4. The van der Waals surface area contributed by atoms with Gasteiger partial charge in [-0.1, -0.05) is 11.6 Å². The molecule has 0 saturated carbocycles. The van der Waals surface area contributed by atoms with Gasteiger partial charge in [0.25, 0.3) is 5.56 Å². The summed E-state index contributed by atoms with van der Waals surface area (Å²) in [5.74, 6) is -3.84. The van der Waals surface area contributed by atoms with Crippen LogP contribution in [0.15, 0.2) is 23.3 Å². The maximum Gasteiger partial charge on any atom is 0.271 e. The average Bonchev–Trinajstić information content (AvgIpc) is 2.31. The number of hydrogen-bond acceptors (Lipinski definition) is 3. The highest BCUT2D eigenvalue weighted by Crippen LogP contribution is 2.24. The molecule has 2 N–H and O–H groups in total. The molecule has 0 radical (unpaired) electrons. The van der Waals surface area contributed by atoms with Gasteiger partial charge in [-0.3, -0.25) is 4.79 Å². The van der Waals surface area contributed by atoms with Crippen LogP contribution in [0.4, 0.5) is 24.7 Å². The van der Waals surface area contributed by atoms with Gasteiger partial charge in [0.05, 0.1) is 12.0 Å². The molecule has 1 aromatic heterocycles. The highest BCUT2D eigenvalue weighted by molar-refractivity contribution is 6.32. The number of hydrogen-bond donors (Lipinski definition) is 2. The molecule has 2 rings (SSSR count). The maximum atomic E-state index is 13.3. The fourth-order valence-electron chi connectivity index (χ4n) is 1.24. The van der Waals surface area contributed by atoms with E-state index in [0.717, 1.165) is 12.4 Å². The van der Waals surface area contributed by atoms with Gasteiger partial charge in [-0.2, -0.15) is 0 Å². The van der Waals surface area contributed by atoms with Crippen LogP contribution in [-0.2, 0) is 0 Å². The molecule has 18 heavy (non-hydrogen) atoms. The fourth-order valence-corrected chi connectivity index (χ4v) is 1.40. The summed E-state index contributed by atoms with van der Waals surface area (Å²) in [6, 6.07) is 1.12. The van der Waals surface area contributed by atoms with Crippen molar-refractivity contribution in [3.05, 3.63) is 51.3 Å². The highest BCUT2D eigenvalue weighted by atomic mass is 35.5. The lowest BCUT2D eigenvalue weighted by Gasteiger charge is -2.08. The van der Waals surface area contributed by atoms with Crippen molar-refractivity contribution in [2.45, 2.75) is 0 Å². The molecule has 1 heterocycles. The molecule has 0 bridgehead atoms. The number of nitrogens with one attached hydrogen (secondary N) is 2. The highest BCUT2D eigenvalue weighted by Gasteiger charge is 2.13. The van der Waals surface area contributed by atoms with Crippen molar-refractivity contribution in [1.29, 1.82) is 0 Å². The standard InChI is InChI=1S/C10H5ClF3N3O/c11-7-9(15-3-16-10(7)18)17-6-2-4(12)1-5(13)8(6)14/h1-3H,(H2,15,16,17,18). The zero-order chi connectivity index (χ0) is 13.3. The monoisotopic (exact) mass is 275 g/mol. The summed E-state index contributed by atoms with van der Waals surface area (Å²) in [6.45, 7) is 0.